The second-order valence-corrected chi connectivity index (χ2v) is 5.90. The van der Waals surface area contributed by atoms with Gasteiger partial charge in [0, 0.05) is 32.7 Å². The molecule has 0 atom stereocenters. The molecule has 3 rings (SSSR count). The summed E-state index contributed by atoms with van der Waals surface area (Å²) < 4.78 is 19.0. The smallest absolute Gasteiger partial charge is 0.256 e. The van der Waals surface area contributed by atoms with Crippen molar-refractivity contribution in [3.8, 4) is 5.75 Å². The first-order valence-electron chi connectivity index (χ1n) is 8.06. The van der Waals surface area contributed by atoms with Gasteiger partial charge in [0.05, 0.1) is 12.7 Å². The lowest BCUT2D eigenvalue weighted by atomic mass is 10.1. The first-order chi connectivity index (χ1) is 11.7. The van der Waals surface area contributed by atoms with Crippen LogP contribution in [0.2, 0.25) is 0 Å². The fourth-order valence-electron chi connectivity index (χ4n) is 2.94. The van der Waals surface area contributed by atoms with Crippen molar-refractivity contribution in [3.05, 3.63) is 65.5 Å². The van der Waals surface area contributed by atoms with E-state index in [-0.39, 0.29) is 11.5 Å². The average molecular weight is 328 g/mol. The van der Waals surface area contributed by atoms with Crippen molar-refractivity contribution in [1.29, 1.82) is 0 Å². The quantitative estimate of drug-likeness (QED) is 0.865. The highest BCUT2D eigenvalue weighted by Gasteiger charge is 2.23. The highest BCUT2D eigenvalue weighted by atomic mass is 19.1. The highest BCUT2D eigenvalue weighted by Crippen LogP contribution is 2.16. The minimum Gasteiger partial charge on any atom is -0.497 e. The number of ether oxygens (including phenoxy) is 1. The number of piperazine rings is 1. The van der Waals surface area contributed by atoms with E-state index in [2.05, 4.69) is 11.0 Å². The van der Waals surface area contributed by atoms with E-state index in [0.29, 0.717) is 13.1 Å². The molecule has 0 aromatic heterocycles. The molecule has 0 unspecified atom stereocenters. The molecular formula is C19H21FN2O2. The van der Waals surface area contributed by atoms with Crippen molar-refractivity contribution < 1.29 is 13.9 Å². The average Bonchev–Trinajstić information content (AvgIpc) is 2.62. The largest absolute Gasteiger partial charge is 0.497 e. The molecule has 1 saturated heterocycles. The molecule has 1 amide bonds. The number of nitrogens with zero attached hydrogens (tertiary/aromatic N) is 2. The molecule has 1 heterocycles. The molecule has 0 aliphatic carbocycles. The normalized spacial score (nSPS) is 15.3. The zero-order valence-electron chi connectivity index (χ0n) is 13.7. The lowest BCUT2D eigenvalue weighted by molar-refractivity contribution is 0.0624. The van der Waals surface area contributed by atoms with Gasteiger partial charge in [-0.25, -0.2) is 4.39 Å². The SMILES string of the molecule is COc1cccc(CN2CCN(C(=O)c3ccccc3F)CC2)c1. The summed E-state index contributed by atoms with van der Waals surface area (Å²) in [4.78, 5) is 16.4. The van der Waals surface area contributed by atoms with Crippen LogP contribution >= 0.6 is 0 Å². The Morgan fingerprint density at radius 3 is 2.54 bits per heavy atom. The van der Waals surface area contributed by atoms with E-state index in [0.717, 1.165) is 25.4 Å². The number of methoxy groups -OCH3 is 1. The first-order valence-corrected chi connectivity index (χ1v) is 8.06. The van der Waals surface area contributed by atoms with E-state index in [4.69, 9.17) is 4.74 Å². The minimum atomic E-state index is -0.457. The van der Waals surface area contributed by atoms with Crippen LogP contribution in [0.4, 0.5) is 4.39 Å². The van der Waals surface area contributed by atoms with Crippen molar-refractivity contribution in [3.63, 3.8) is 0 Å². The Balaban J connectivity index is 1.57. The predicted octanol–water partition coefficient (Wildman–Crippen LogP) is 2.79. The number of carbonyl (C=O) groups excluding carboxylic acids is 1. The number of hydrogen-bond acceptors (Lipinski definition) is 3. The summed E-state index contributed by atoms with van der Waals surface area (Å²) in [5.74, 6) is 0.163. The fourth-order valence-corrected chi connectivity index (χ4v) is 2.94. The molecule has 1 fully saturated rings. The van der Waals surface area contributed by atoms with Crippen molar-refractivity contribution >= 4 is 5.91 Å². The molecule has 5 heteroatoms. The minimum absolute atomic E-state index is 0.152. The maximum atomic E-state index is 13.8. The van der Waals surface area contributed by atoms with E-state index in [1.54, 1.807) is 30.2 Å². The summed E-state index contributed by atoms with van der Waals surface area (Å²) in [6.07, 6.45) is 0. The third-order valence-corrected chi connectivity index (χ3v) is 4.30. The molecule has 0 spiro atoms. The van der Waals surface area contributed by atoms with Gasteiger partial charge in [-0.3, -0.25) is 9.69 Å². The highest BCUT2D eigenvalue weighted by molar-refractivity contribution is 5.94. The Labute approximate surface area is 141 Å². The summed E-state index contributed by atoms with van der Waals surface area (Å²) in [6.45, 7) is 3.59. The van der Waals surface area contributed by atoms with E-state index in [1.807, 2.05) is 18.2 Å². The van der Waals surface area contributed by atoms with Crippen LogP contribution in [-0.2, 0) is 6.54 Å². The van der Waals surface area contributed by atoms with Crippen molar-refractivity contribution in [1.82, 2.24) is 9.80 Å². The van der Waals surface area contributed by atoms with Gasteiger partial charge in [-0.15, -0.1) is 0 Å². The van der Waals surface area contributed by atoms with Gasteiger partial charge in [-0.05, 0) is 29.8 Å². The summed E-state index contributed by atoms with van der Waals surface area (Å²) >= 11 is 0. The van der Waals surface area contributed by atoms with Crippen LogP contribution in [0.1, 0.15) is 15.9 Å². The predicted molar refractivity (Wildman–Crippen MR) is 90.6 cm³/mol. The van der Waals surface area contributed by atoms with E-state index < -0.39 is 5.82 Å². The Morgan fingerprint density at radius 2 is 1.83 bits per heavy atom. The third kappa shape index (κ3) is 3.74. The standard InChI is InChI=1S/C19H21FN2O2/c1-24-16-6-4-5-15(13-16)14-21-9-11-22(12-10-21)19(23)17-7-2-3-8-18(17)20/h2-8,13H,9-12,14H2,1H3. The van der Waals surface area contributed by atoms with Gasteiger partial charge < -0.3 is 9.64 Å². The molecule has 1 aliphatic rings. The van der Waals surface area contributed by atoms with Crippen molar-refractivity contribution in [2.75, 3.05) is 33.3 Å². The van der Waals surface area contributed by atoms with E-state index in [1.165, 1.54) is 11.6 Å². The Morgan fingerprint density at radius 1 is 1.08 bits per heavy atom. The lowest BCUT2D eigenvalue weighted by Gasteiger charge is -2.34. The van der Waals surface area contributed by atoms with Crippen LogP contribution < -0.4 is 4.74 Å². The molecule has 0 bridgehead atoms. The first kappa shape index (κ1) is 16.5. The lowest BCUT2D eigenvalue weighted by Crippen LogP contribution is -2.48. The molecule has 0 saturated carbocycles. The Kier molecular flexibility index (Phi) is 5.11. The van der Waals surface area contributed by atoms with Crippen LogP contribution in [0.5, 0.6) is 5.75 Å². The molecule has 2 aromatic carbocycles. The maximum absolute atomic E-state index is 13.8. The summed E-state index contributed by atoms with van der Waals surface area (Å²) in [5, 5.41) is 0. The van der Waals surface area contributed by atoms with Gasteiger partial charge in [-0.1, -0.05) is 24.3 Å². The number of benzene rings is 2. The zero-order valence-corrected chi connectivity index (χ0v) is 13.7. The monoisotopic (exact) mass is 328 g/mol. The topological polar surface area (TPSA) is 32.8 Å². The van der Waals surface area contributed by atoms with Crippen LogP contribution in [0.15, 0.2) is 48.5 Å². The van der Waals surface area contributed by atoms with Crippen molar-refractivity contribution in [2.24, 2.45) is 0 Å². The summed E-state index contributed by atoms with van der Waals surface area (Å²) in [6, 6.07) is 14.1. The van der Waals surface area contributed by atoms with Crippen LogP contribution in [0.3, 0.4) is 0 Å². The molecule has 1 aliphatic heterocycles. The van der Waals surface area contributed by atoms with E-state index >= 15 is 0 Å². The van der Waals surface area contributed by atoms with Gasteiger partial charge in [0.25, 0.3) is 5.91 Å². The molecule has 0 N–H and O–H groups in total. The van der Waals surface area contributed by atoms with Gasteiger partial charge in [0.2, 0.25) is 0 Å². The maximum Gasteiger partial charge on any atom is 0.256 e. The Hall–Kier alpha value is -2.40. The van der Waals surface area contributed by atoms with Crippen molar-refractivity contribution in [2.45, 2.75) is 6.54 Å². The zero-order chi connectivity index (χ0) is 16.9. The van der Waals surface area contributed by atoms with Gasteiger partial charge in [-0.2, -0.15) is 0 Å². The fraction of sp³-hybridized carbons (Fsp3) is 0.316. The molecule has 126 valence electrons. The Bertz CT molecular complexity index is 712. The van der Waals surface area contributed by atoms with Gasteiger partial charge in [0.15, 0.2) is 0 Å². The van der Waals surface area contributed by atoms with Crippen LogP contribution in [0, 0.1) is 5.82 Å². The second kappa shape index (κ2) is 7.45. The number of rotatable bonds is 4. The molecular weight excluding hydrogens is 307 g/mol. The van der Waals surface area contributed by atoms with Gasteiger partial charge in [0.1, 0.15) is 11.6 Å². The third-order valence-electron chi connectivity index (χ3n) is 4.30. The number of hydrogen-bond donors (Lipinski definition) is 0. The van der Waals surface area contributed by atoms with Crippen LogP contribution in [0.25, 0.3) is 0 Å². The number of halogens is 1. The van der Waals surface area contributed by atoms with Crippen LogP contribution in [-0.4, -0.2) is 49.0 Å². The second-order valence-electron chi connectivity index (χ2n) is 5.90. The van der Waals surface area contributed by atoms with Gasteiger partial charge >= 0.3 is 0 Å². The molecule has 2 aromatic rings. The van der Waals surface area contributed by atoms with E-state index in [9.17, 15) is 9.18 Å². The molecule has 0 radical (unpaired) electrons. The number of amides is 1. The molecule has 24 heavy (non-hydrogen) atoms. The summed E-state index contributed by atoms with van der Waals surface area (Å²) in [5.41, 5.74) is 1.34. The number of carbonyl (C=O) groups is 1. The molecule has 4 nitrogen and oxygen atoms in total. The summed E-state index contributed by atoms with van der Waals surface area (Å²) in [7, 11) is 1.66.